The summed E-state index contributed by atoms with van der Waals surface area (Å²) in [6.07, 6.45) is -1.44. The molecule has 0 aromatic carbocycles. The number of alkyl halides is 3. The van der Waals surface area contributed by atoms with Gasteiger partial charge in [-0.2, -0.15) is 13.2 Å². The van der Waals surface area contributed by atoms with Crippen LogP contribution in [0.1, 0.15) is 19.8 Å². The minimum atomic E-state index is -4.97. The minimum absolute atomic E-state index is 0.132. The lowest BCUT2D eigenvalue weighted by molar-refractivity contribution is -0.220. The average Bonchev–Trinajstić information content (AvgIpc) is 2.82. The molecular formula is C12H15F3N4O2. The van der Waals surface area contributed by atoms with Gasteiger partial charge in [-0.3, -0.25) is 0 Å². The Kier molecular flexibility index (Phi) is 3.19. The summed E-state index contributed by atoms with van der Waals surface area (Å²) in [5.41, 5.74) is -0.675. The summed E-state index contributed by atoms with van der Waals surface area (Å²) >= 11 is 0. The number of esters is 1. The van der Waals surface area contributed by atoms with E-state index in [0.29, 0.717) is 19.4 Å². The second-order valence-electron chi connectivity index (χ2n) is 5.87. The van der Waals surface area contributed by atoms with E-state index in [1.807, 2.05) is 6.92 Å². The van der Waals surface area contributed by atoms with Gasteiger partial charge < -0.3 is 14.6 Å². The fourth-order valence-corrected chi connectivity index (χ4v) is 3.52. The number of aromatic nitrogens is 3. The molecule has 1 aliphatic carbocycles. The van der Waals surface area contributed by atoms with Gasteiger partial charge >= 0.3 is 12.1 Å². The fourth-order valence-electron chi connectivity index (χ4n) is 3.52. The first-order valence-corrected chi connectivity index (χ1v) is 6.68. The lowest BCUT2D eigenvalue weighted by Gasteiger charge is -2.59. The lowest BCUT2D eigenvalue weighted by atomic mass is 9.64. The van der Waals surface area contributed by atoms with E-state index in [1.54, 1.807) is 4.57 Å². The second kappa shape index (κ2) is 4.69. The molecule has 2 bridgehead atoms. The number of rotatable bonds is 3. The fraction of sp³-hybridized carbons (Fsp3) is 0.750. The second-order valence-corrected chi connectivity index (χ2v) is 5.87. The van der Waals surface area contributed by atoms with Crippen LogP contribution in [0.2, 0.25) is 0 Å². The number of nitrogens with one attached hydrogen (secondary N) is 1. The van der Waals surface area contributed by atoms with Gasteiger partial charge in [-0.05, 0) is 18.8 Å². The highest BCUT2D eigenvalue weighted by molar-refractivity contribution is 5.76. The molecule has 3 heterocycles. The van der Waals surface area contributed by atoms with Crippen LogP contribution in [0.25, 0.3) is 0 Å². The first kappa shape index (κ1) is 14.3. The van der Waals surface area contributed by atoms with Crippen LogP contribution in [0.4, 0.5) is 13.2 Å². The Bertz CT molecular complexity index is 525. The summed E-state index contributed by atoms with van der Waals surface area (Å²) in [5, 5.41) is 10.6. The third-order valence-electron chi connectivity index (χ3n) is 4.22. The summed E-state index contributed by atoms with van der Waals surface area (Å²) in [5.74, 6) is -2.26. The van der Waals surface area contributed by atoms with E-state index in [-0.39, 0.29) is 12.0 Å². The summed E-state index contributed by atoms with van der Waals surface area (Å²) in [6, 6.07) is 0.261. The third-order valence-corrected chi connectivity index (χ3v) is 4.22. The van der Waals surface area contributed by atoms with E-state index in [1.165, 1.54) is 12.7 Å². The molecule has 3 aliphatic rings. The predicted octanol–water partition coefficient (Wildman–Crippen LogP) is 0.893. The number of halogens is 3. The topological polar surface area (TPSA) is 69.0 Å². The molecule has 0 amide bonds. The van der Waals surface area contributed by atoms with Crippen LogP contribution in [0.15, 0.2) is 12.7 Å². The molecule has 4 atom stereocenters. The Balaban J connectivity index is 1.79. The molecule has 21 heavy (non-hydrogen) atoms. The van der Waals surface area contributed by atoms with E-state index in [2.05, 4.69) is 15.5 Å². The maximum atomic E-state index is 12.5. The summed E-state index contributed by atoms with van der Waals surface area (Å²) < 4.78 is 43.8. The zero-order valence-electron chi connectivity index (χ0n) is 11.3. The molecule has 1 N–H and O–H groups in total. The van der Waals surface area contributed by atoms with Crippen LogP contribution >= 0.6 is 0 Å². The molecule has 3 fully saturated rings. The quantitative estimate of drug-likeness (QED) is 0.840. The zero-order chi connectivity index (χ0) is 15.3. The highest BCUT2D eigenvalue weighted by Crippen LogP contribution is 2.44. The van der Waals surface area contributed by atoms with Crippen LogP contribution in [-0.2, 0) is 16.1 Å². The van der Waals surface area contributed by atoms with Gasteiger partial charge in [0.25, 0.3) is 0 Å². The molecule has 4 rings (SSSR count). The van der Waals surface area contributed by atoms with Crippen molar-refractivity contribution in [2.45, 2.75) is 50.2 Å². The van der Waals surface area contributed by atoms with Crippen molar-refractivity contribution in [3.05, 3.63) is 12.7 Å². The largest absolute Gasteiger partial charge is 0.490 e. The molecule has 2 saturated heterocycles. The first-order chi connectivity index (χ1) is 9.80. The Labute approximate surface area is 118 Å². The molecule has 1 saturated carbocycles. The number of hydrogen-bond donors (Lipinski definition) is 1. The summed E-state index contributed by atoms with van der Waals surface area (Å²) in [6.45, 7) is 2.18. The number of carbonyl (C=O) groups is 1. The maximum Gasteiger partial charge on any atom is 0.490 e. The molecule has 2 aliphatic heterocycles. The van der Waals surface area contributed by atoms with Gasteiger partial charge in [0.05, 0.1) is 5.54 Å². The van der Waals surface area contributed by atoms with Crippen molar-refractivity contribution >= 4 is 5.97 Å². The van der Waals surface area contributed by atoms with Gasteiger partial charge in [0.15, 0.2) is 0 Å². The Hall–Kier alpha value is -1.64. The van der Waals surface area contributed by atoms with Gasteiger partial charge in [0, 0.05) is 12.6 Å². The normalized spacial score (nSPS) is 35.1. The van der Waals surface area contributed by atoms with Gasteiger partial charge in [-0.25, -0.2) is 4.79 Å². The Morgan fingerprint density at radius 3 is 2.67 bits per heavy atom. The smallest absolute Gasteiger partial charge is 0.453 e. The molecule has 6 nitrogen and oxygen atoms in total. The lowest BCUT2D eigenvalue weighted by Crippen LogP contribution is -2.77. The minimum Gasteiger partial charge on any atom is -0.453 e. The van der Waals surface area contributed by atoms with E-state index in [0.717, 1.165) is 0 Å². The van der Waals surface area contributed by atoms with E-state index in [4.69, 9.17) is 4.74 Å². The van der Waals surface area contributed by atoms with Crippen molar-refractivity contribution in [2.24, 2.45) is 5.92 Å². The number of nitrogens with zero attached hydrogens (tertiary/aromatic N) is 3. The van der Waals surface area contributed by atoms with Crippen LogP contribution in [0.3, 0.4) is 0 Å². The molecule has 1 aromatic rings. The van der Waals surface area contributed by atoms with Gasteiger partial charge in [0.1, 0.15) is 18.8 Å². The SMILES string of the molecule is CC1CC2CC(Cn3cnnc3)(N2)C1OC(=O)C(F)(F)F. The zero-order valence-corrected chi connectivity index (χ0v) is 11.3. The van der Waals surface area contributed by atoms with Crippen LogP contribution in [-0.4, -0.2) is 44.6 Å². The highest BCUT2D eigenvalue weighted by Gasteiger charge is 2.59. The average molecular weight is 304 g/mol. The molecule has 0 spiro atoms. The number of hydrogen-bond acceptors (Lipinski definition) is 5. The van der Waals surface area contributed by atoms with Crippen molar-refractivity contribution in [3.8, 4) is 0 Å². The number of ether oxygens (including phenoxy) is 1. The monoisotopic (exact) mass is 304 g/mol. The van der Waals surface area contributed by atoms with Gasteiger partial charge in [-0.15, -0.1) is 10.2 Å². The van der Waals surface area contributed by atoms with Crippen LogP contribution in [0.5, 0.6) is 0 Å². The standard InChI is InChI=1S/C12H15F3N4O2/c1-7-2-8-3-11(18-8,4-19-5-16-17-6-19)9(7)21-10(20)12(13,14)15/h5-9,18H,2-4H2,1H3. The van der Waals surface area contributed by atoms with E-state index >= 15 is 0 Å². The number of fused-ring (bicyclic) bond motifs is 2. The van der Waals surface area contributed by atoms with Crippen molar-refractivity contribution < 1.29 is 22.7 Å². The van der Waals surface area contributed by atoms with Crippen molar-refractivity contribution in [3.63, 3.8) is 0 Å². The van der Waals surface area contributed by atoms with Crippen molar-refractivity contribution in [1.29, 1.82) is 0 Å². The van der Waals surface area contributed by atoms with Gasteiger partial charge in [-0.1, -0.05) is 6.92 Å². The number of carbonyl (C=O) groups excluding carboxylic acids is 1. The molecule has 116 valence electrons. The number of piperidine rings is 1. The highest BCUT2D eigenvalue weighted by atomic mass is 19.4. The van der Waals surface area contributed by atoms with E-state index < -0.39 is 23.8 Å². The van der Waals surface area contributed by atoms with Crippen molar-refractivity contribution in [1.82, 2.24) is 20.1 Å². The molecular weight excluding hydrogens is 289 g/mol. The van der Waals surface area contributed by atoms with Crippen LogP contribution < -0.4 is 5.32 Å². The summed E-state index contributed by atoms with van der Waals surface area (Å²) in [7, 11) is 0. The Morgan fingerprint density at radius 1 is 1.48 bits per heavy atom. The van der Waals surface area contributed by atoms with Crippen LogP contribution in [0, 0.1) is 5.92 Å². The van der Waals surface area contributed by atoms with Gasteiger partial charge in [0.2, 0.25) is 0 Å². The van der Waals surface area contributed by atoms with E-state index in [9.17, 15) is 18.0 Å². The molecule has 0 radical (unpaired) electrons. The predicted molar refractivity (Wildman–Crippen MR) is 64.0 cm³/mol. The first-order valence-electron chi connectivity index (χ1n) is 6.68. The third kappa shape index (κ3) is 2.50. The Morgan fingerprint density at radius 2 is 2.10 bits per heavy atom. The maximum absolute atomic E-state index is 12.5. The molecule has 1 aromatic heterocycles. The molecule has 4 unspecified atom stereocenters. The summed E-state index contributed by atoms with van der Waals surface area (Å²) in [4.78, 5) is 11.2. The molecule has 9 heteroatoms. The van der Waals surface area contributed by atoms with Crippen molar-refractivity contribution in [2.75, 3.05) is 0 Å².